The summed E-state index contributed by atoms with van der Waals surface area (Å²) >= 11 is 0. The lowest BCUT2D eigenvalue weighted by Gasteiger charge is -2.30. The van der Waals surface area contributed by atoms with Crippen molar-refractivity contribution in [2.75, 3.05) is 18.4 Å². The van der Waals surface area contributed by atoms with Crippen LogP contribution in [0.4, 0.5) is 5.69 Å². The van der Waals surface area contributed by atoms with E-state index in [1.807, 2.05) is 31.2 Å². The number of carbonyl (C=O) groups excluding carboxylic acids is 1. The van der Waals surface area contributed by atoms with Gasteiger partial charge in [0.05, 0.1) is 12.2 Å². The van der Waals surface area contributed by atoms with Crippen molar-refractivity contribution in [1.82, 2.24) is 13.9 Å². The molecule has 0 bridgehead atoms. The van der Waals surface area contributed by atoms with Gasteiger partial charge in [0.15, 0.2) is 5.03 Å². The molecule has 2 aromatic rings. The number of benzene rings is 1. The molecule has 1 aliphatic rings. The van der Waals surface area contributed by atoms with E-state index in [9.17, 15) is 13.2 Å². The molecular weight excluding hydrogens is 340 g/mol. The number of carbonyl (C=O) groups is 1. The van der Waals surface area contributed by atoms with Crippen molar-refractivity contribution in [3.05, 3.63) is 42.4 Å². The van der Waals surface area contributed by atoms with Gasteiger partial charge in [-0.1, -0.05) is 18.2 Å². The Bertz CT molecular complexity index is 876. The van der Waals surface area contributed by atoms with Gasteiger partial charge >= 0.3 is 0 Å². The first-order valence-corrected chi connectivity index (χ1v) is 9.66. The Morgan fingerprint density at radius 2 is 2.08 bits per heavy atom. The second-order valence-electron chi connectivity index (χ2n) is 6.38. The second-order valence-corrected chi connectivity index (χ2v) is 8.27. The van der Waals surface area contributed by atoms with Crippen LogP contribution in [0.2, 0.25) is 0 Å². The molecule has 1 N–H and O–H groups in total. The fourth-order valence-electron chi connectivity index (χ4n) is 2.98. The highest BCUT2D eigenvalue weighted by Crippen LogP contribution is 2.24. The third-order valence-corrected chi connectivity index (χ3v) is 6.19. The normalized spacial score (nSPS) is 18.9. The maximum atomic E-state index is 12.7. The van der Waals surface area contributed by atoms with E-state index in [0.717, 1.165) is 11.3 Å². The summed E-state index contributed by atoms with van der Waals surface area (Å²) < 4.78 is 28.4. The first-order chi connectivity index (χ1) is 11.9. The zero-order valence-electron chi connectivity index (χ0n) is 14.3. The smallest absolute Gasteiger partial charge is 0.262 e. The standard InChI is InChI=1S/C17H22N4O3S/c1-13-6-3-4-8-15(13)19-17(22)14-7-5-9-21(10-14)25(23,24)16-11-20(2)12-18-16/h3-4,6,8,11-12,14H,5,7,9-10H2,1-2H3,(H,19,22)/t14-/m0/s1. The molecule has 1 aliphatic heterocycles. The van der Waals surface area contributed by atoms with Gasteiger partial charge in [0.2, 0.25) is 5.91 Å². The predicted molar refractivity (Wildman–Crippen MR) is 94.5 cm³/mol. The monoisotopic (exact) mass is 362 g/mol. The predicted octanol–water partition coefficient (Wildman–Crippen LogP) is 1.77. The van der Waals surface area contributed by atoms with E-state index in [4.69, 9.17) is 0 Å². The molecule has 0 aliphatic carbocycles. The number of sulfonamides is 1. The maximum Gasteiger partial charge on any atom is 0.262 e. The molecule has 7 nitrogen and oxygen atoms in total. The zero-order chi connectivity index (χ0) is 18.0. The summed E-state index contributed by atoms with van der Waals surface area (Å²) in [6.45, 7) is 2.51. The van der Waals surface area contributed by atoms with E-state index in [0.29, 0.717) is 19.4 Å². The van der Waals surface area contributed by atoms with Crippen molar-refractivity contribution in [1.29, 1.82) is 0 Å². The van der Waals surface area contributed by atoms with Crippen LogP contribution in [0.3, 0.4) is 0 Å². The van der Waals surface area contributed by atoms with Crippen LogP contribution in [0.1, 0.15) is 18.4 Å². The summed E-state index contributed by atoms with van der Waals surface area (Å²) in [7, 11) is -1.94. The number of para-hydroxylation sites is 1. The number of hydrogen-bond donors (Lipinski definition) is 1. The molecule has 3 rings (SSSR count). The van der Waals surface area contributed by atoms with Crippen LogP contribution in [0.5, 0.6) is 0 Å². The second kappa shape index (κ2) is 6.97. The van der Waals surface area contributed by atoms with Gasteiger partial charge in [-0.15, -0.1) is 0 Å². The number of aromatic nitrogens is 2. The molecule has 1 fully saturated rings. The topological polar surface area (TPSA) is 84.3 Å². The average Bonchev–Trinajstić information content (AvgIpc) is 3.04. The summed E-state index contributed by atoms with van der Waals surface area (Å²) in [4.78, 5) is 16.5. The van der Waals surface area contributed by atoms with Crippen molar-refractivity contribution < 1.29 is 13.2 Å². The number of imidazole rings is 1. The fraction of sp³-hybridized carbons (Fsp3) is 0.412. The molecule has 2 heterocycles. The van der Waals surface area contributed by atoms with Crippen molar-refractivity contribution in [3.8, 4) is 0 Å². The third-order valence-electron chi connectivity index (χ3n) is 4.44. The molecule has 1 aromatic carbocycles. The van der Waals surface area contributed by atoms with E-state index >= 15 is 0 Å². The van der Waals surface area contributed by atoms with Gasteiger partial charge in [-0.2, -0.15) is 4.31 Å². The van der Waals surface area contributed by atoms with Crippen LogP contribution in [-0.2, 0) is 21.9 Å². The van der Waals surface area contributed by atoms with E-state index in [-0.39, 0.29) is 23.4 Å². The van der Waals surface area contributed by atoms with Gasteiger partial charge < -0.3 is 9.88 Å². The van der Waals surface area contributed by atoms with E-state index in [1.165, 1.54) is 16.8 Å². The van der Waals surface area contributed by atoms with E-state index in [1.54, 1.807) is 11.6 Å². The number of nitrogens with one attached hydrogen (secondary N) is 1. The first-order valence-electron chi connectivity index (χ1n) is 8.22. The number of anilines is 1. The molecular formula is C17H22N4O3S. The minimum atomic E-state index is -3.67. The quantitative estimate of drug-likeness (QED) is 0.898. The summed E-state index contributed by atoms with van der Waals surface area (Å²) in [6.07, 6.45) is 4.26. The molecule has 0 spiro atoms. The molecule has 0 radical (unpaired) electrons. The van der Waals surface area contributed by atoms with Crippen LogP contribution >= 0.6 is 0 Å². The van der Waals surface area contributed by atoms with Crippen molar-refractivity contribution in [3.63, 3.8) is 0 Å². The minimum absolute atomic E-state index is 0.0231. The number of nitrogens with zero attached hydrogens (tertiary/aromatic N) is 3. The minimum Gasteiger partial charge on any atom is -0.339 e. The Labute approximate surface area is 147 Å². The summed E-state index contributed by atoms with van der Waals surface area (Å²) in [5, 5.41) is 2.94. The summed E-state index contributed by atoms with van der Waals surface area (Å²) in [5.41, 5.74) is 1.74. The van der Waals surface area contributed by atoms with Gasteiger partial charge in [-0.3, -0.25) is 4.79 Å². The highest BCUT2D eigenvalue weighted by atomic mass is 32.2. The van der Waals surface area contributed by atoms with Crippen molar-refractivity contribution >= 4 is 21.6 Å². The molecule has 1 aromatic heterocycles. The molecule has 0 unspecified atom stereocenters. The first kappa shape index (κ1) is 17.6. The largest absolute Gasteiger partial charge is 0.339 e. The lowest BCUT2D eigenvalue weighted by molar-refractivity contribution is -0.120. The Kier molecular flexibility index (Phi) is 4.91. The number of amides is 1. The van der Waals surface area contributed by atoms with E-state index in [2.05, 4.69) is 10.3 Å². The number of rotatable bonds is 4. The Hall–Kier alpha value is -2.19. The third kappa shape index (κ3) is 3.74. The van der Waals surface area contributed by atoms with Gasteiger partial charge in [-0.25, -0.2) is 13.4 Å². The Morgan fingerprint density at radius 3 is 2.76 bits per heavy atom. The molecule has 8 heteroatoms. The van der Waals surface area contributed by atoms with Gasteiger partial charge in [-0.05, 0) is 31.4 Å². The SMILES string of the molecule is Cc1ccccc1NC(=O)[C@H]1CCCN(S(=O)(=O)c2cn(C)cn2)C1. The van der Waals surface area contributed by atoms with Gasteiger partial charge in [0, 0.05) is 32.0 Å². The van der Waals surface area contributed by atoms with Crippen LogP contribution in [0.15, 0.2) is 41.8 Å². The lowest BCUT2D eigenvalue weighted by Crippen LogP contribution is -2.43. The van der Waals surface area contributed by atoms with Gasteiger partial charge in [0.25, 0.3) is 10.0 Å². The molecule has 134 valence electrons. The van der Waals surface area contributed by atoms with E-state index < -0.39 is 10.0 Å². The molecule has 1 amide bonds. The highest BCUT2D eigenvalue weighted by molar-refractivity contribution is 7.89. The van der Waals surface area contributed by atoms with Crippen LogP contribution in [0, 0.1) is 12.8 Å². The van der Waals surface area contributed by atoms with Crippen LogP contribution in [0.25, 0.3) is 0 Å². The zero-order valence-corrected chi connectivity index (χ0v) is 15.2. The number of piperidine rings is 1. The highest BCUT2D eigenvalue weighted by Gasteiger charge is 2.34. The average molecular weight is 362 g/mol. The Morgan fingerprint density at radius 1 is 1.32 bits per heavy atom. The number of hydrogen-bond acceptors (Lipinski definition) is 4. The van der Waals surface area contributed by atoms with Crippen LogP contribution < -0.4 is 5.32 Å². The fourth-order valence-corrected chi connectivity index (χ4v) is 4.47. The maximum absolute atomic E-state index is 12.7. The molecule has 0 saturated carbocycles. The van der Waals surface area contributed by atoms with Gasteiger partial charge in [0.1, 0.15) is 0 Å². The Balaban J connectivity index is 1.73. The van der Waals surface area contributed by atoms with Crippen molar-refractivity contribution in [2.24, 2.45) is 13.0 Å². The lowest BCUT2D eigenvalue weighted by atomic mass is 9.98. The molecule has 25 heavy (non-hydrogen) atoms. The van der Waals surface area contributed by atoms with Crippen LogP contribution in [-0.4, -0.2) is 41.3 Å². The summed E-state index contributed by atoms with van der Waals surface area (Å²) in [5.74, 6) is -0.512. The molecule has 1 saturated heterocycles. The van der Waals surface area contributed by atoms with Crippen molar-refractivity contribution in [2.45, 2.75) is 24.8 Å². The molecule has 1 atom stereocenters. The summed E-state index contributed by atoms with van der Waals surface area (Å²) in [6, 6.07) is 7.54. The number of aryl methyl sites for hydroxylation is 2.